The van der Waals surface area contributed by atoms with Crippen LogP contribution in [0.3, 0.4) is 0 Å². The number of hydrogen-bond donors (Lipinski definition) is 3. The predicted octanol–water partition coefficient (Wildman–Crippen LogP) is 2.03. The molecular weight excluding hydrogens is 226 g/mol. The van der Waals surface area contributed by atoms with Gasteiger partial charge in [0.05, 0.1) is 0 Å². The number of nitrogens with zero attached hydrogens (tertiary/aromatic N) is 2. The van der Waals surface area contributed by atoms with E-state index in [0.29, 0.717) is 6.54 Å². The van der Waals surface area contributed by atoms with Crippen molar-refractivity contribution in [3.8, 4) is 0 Å². The molecule has 0 unspecified atom stereocenters. The van der Waals surface area contributed by atoms with Crippen LogP contribution in [0.5, 0.6) is 0 Å². The first kappa shape index (κ1) is 12.3. The average Bonchev–Trinajstić information content (AvgIpc) is 2.39. The summed E-state index contributed by atoms with van der Waals surface area (Å²) in [7, 11) is 1.83. The molecule has 0 aliphatic heterocycles. The molecule has 4 N–H and O–H groups in total. The van der Waals surface area contributed by atoms with E-state index in [1.54, 1.807) is 0 Å². The molecule has 0 fully saturated rings. The van der Waals surface area contributed by atoms with Crippen LogP contribution in [0.15, 0.2) is 30.3 Å². The number of aryl methyl sites for hydroxylation is 1. The van der Waals surface area contributed by atoms with Gasteiger partial charge in [0.15, 0.2) is 0 Å². The van der Waals surface area contributed by atoms with Crippen molar-refractivity contribution in [2.75, 3.05) is 17.7 Å². The Kier molecular flexibility index (Phi) is 3.74. The van der Waals surface area contributed by atoms with Gasteiger partial charge in [-0.05, 0) is 24.6 Å². The Hall–Kier alpha value is -2.14. The van der Waals surface area contributed by atoms with E-state index in [4.69, 9.17) is 5.73 Å². The Bertz CT molecular complexity index is 521. The number of hydrogen-bond acceptors (Lipinski definition) is 5. The van der Waals surface area contributed by atoms with Gasteiger partial charge in [0, 0.05) is 25.3 Å². The first-order valence-electron chi connectivity index (χ1n) is 5.80. The van der Waals surface area contributed by atoms with Crippen LogP contribution in [0.25, 0.3) is 0 Å². The zero-order valence-corrected chi connectivity index (χ0v) is 10.6. The SMILES string of the molecule is CNc1cc(Nc2ccc(CN)cc2)nc(C)n1. The molecule has 1 aromatic carbocycles. The second-order valence-corrected chi connectivity index (χ2v) is 3.96. The molecule has 5 nitrogen and oxygen atoms in total. The van der Waals surface area contributed by atoms with Gasteiger partial charge in [-0.2, -0.15) is 0 Å². The van der Waals surface area contributed by atoms with Gasteiger partial charge in [0.1, 0.15) is 17.5 Å². The van der Waals surface area contributed by atoms with Gasteiger partial charge in [0.2, 0.25) is 0 Å². The van der Waals surface area contributed by atoms with Crippen LogP contribution in [0, 0.1) is 6.92 Å². The highest BCUT2D eigenvalue weighted by atomic mass is 15.1. The molecule has 0 saturated carbocycles. The summed E-state index contributed by atoms with van der Waals surface area (Å²) in [5.41, 5.74) is 7.65. The van der Waals surface area contributed by atoms with Gasteiger partial charge in [-0.3, -0.25) is 0 Å². The van der Waals surface area contributed by atoms with E-state index >= 15 is 0 Å². The standard InChI is InChI=1S/C13H17N5/c1-9-16-12(15-2)7-13(17-9)18-11-5-3-10(8-14)4-6-11/h3-7H,8,14H2,1-2H3,(H2,15,16,17,18). The number of aromatic nitrogens is 2. The molecule has 1 heterocycles. The zero-order chi connectivity index (χ0) is 13.0. The van der Waals surface area contributed by atoms with Crippen molar-refractivity contribution in [1.82, 2.24) is 9.97 Å². The van der Waals surface area contributed by atoms with Crippen molar-refractivity contribution in [3.05, 3.63) is 41.7 Å². The molecule has 94 valence electrons. The third kappa shape index (κ3) is 2.95. The Morgan fingerprint density at radius 2 is 1.78 bits per heavy atom. The van der Waals surface area contributed by atoms with Crippen LogP contribution in [-0.4, -0.2) is 17.0 Å². The monoisotopic (exact) mass is 243 g/mol. The van der Waals surface area contributed by atoms with Crippen molar-refractivity contribution in [2.45, 2.75) is 13.5 Å². The largest absolute Gasteiger partial charge is 0.373 e. The summed E-state index contributed by atoms with van der Waals surface area (Å²) in [6.45, 7) is 2.42. The van der Waals surface area contributed by atoms with Crippen molar-refractivity contribution in [2.24, 2.45) is 5.73 Å². The molecule has 0 aliphatic carbocycles. The van der Waals surface area contributed by atoms with Gasteiger partial charge in [-0.15, -0.1) is 0 Å². The van der Waals surface area contributed by atoms with E-state index in [9.17, 15) is 0 Å². The fraction of sp³-hybridized carbons (Fsp3) is 0.231. The second kappa shape index (κ2) is 5.46. The molecule has 5 heteroatoms. The molecule has 0 aliphatic rings. The average molecular weight is 243 g/mol. The number of rotatable bonds is 4. The lowest BCUT2D eigenvalue weighted by Gasteiger charge is -2.08. The van der Waals surface area contributed by atoms with Crippen LogP contribution in [0.4, 0.5) is 17.3 Å². The van der Waals surface area contributed by atoms with Crippen LogP contribution in [-0.2, 0) is 6.54 Å². The van der Waals surface area contributed by atoms with Crippen molar-refractivity contribution >= 4 is 17.3 Å². The van der Waals surface area contributed by atoms with Crippen LogP contribution >= 0.6 is 0 Å². The maximum absolute atomic E-state index is 5.56. The van der Waals surface area contributed by atoms with Gasteiger partial charge in [0.25, 0.3) is 0 Å². The minimum atomic E-state index is 0.552. The number of nitrogens with two attached hydrogens (primary N) is 1. The first-order chi connectivity index (χ1) is 8.71. The molecule has 2 aromatic rings. The molecule has 0 radical (unpaired) electrons. The molecule has 0 saturated heterocycles. The highest BCUT2D eigenvalue weighted by Gasteiger charge is 2.01. The Labute approximate surface area is 106 Å². The van der Waals surface area contributed by atoms with E-state index in [-0.39, 0.29) is 0 Å². The highest BCUT2D eigenvalue weighted by molar-refractivity contribution is 5.59. The lowest BCUT2D eigenvalue weighted by molar-refractivity contribution is 1.05. The summed E-state index contributed by atoms with van der Waals surface area (Å²) in [6, 6.07) is 9.83. The molecule has 1 aromatic heterocycles. The fourth-order valence-corrected chi connectivity index (χ4v) is 1.63. The van der Waals surface area contributed by atoms with Crippen LogP contribution in [0.1, 0.15) is 11.4 Å². The molecule has 0 bridgehead atoms. The van der Waals surface area contributed by atoms with Gasteiger partial charge < -0.3 is 16.4 Å². The molecule has 2 rings (SSSR count). The van der Waals surface area contributed by atoms with Gasteiger partial charge in [-0.25, -0.2) is 9.97 Å². The van der Waals surface area contributed by atoms with Crippen molar-refractivity contribution in [1.29, 1.82) is 0 Å². The summed E-state index contributed by atoms with van der Waals surface area (Å²) in [4.78, 5) is 8.58. The summed E-state index contributed by atoms with van der Waals surface area (Å²) in [5.74, 6) is 2.29. The van der Waals surface area contributed by atoms with Crippen molar-refractivity contribution < 1.29 is 0 Å². The first-order valence-corrected chi connectivity index (χ1v) is 5.80. The van der Waals surface area contributed by atoms with E-state index < -0.39 is 0 Å². The predicted molar refractivity (Wildman–Crippen MR) is 73.9 cm³/mol. The molecule has 0 amide bonds. The number of benzene rings is 1. The summed E-state index contributed by atoms with van der Waals surface area (Å²) in [6.07, 6.45) is 0. The number of anilines is 3. The zero-order valence-electron chi connectivity index (χ0n) is 10.6. The summed E-state index contributed by atoms with van der Waals surface area (Å²) in [5, 5.41) is 6.24. The van der Waals surface area contributed by atoms with Gasteiger partial charge >= 0.3 is 0 Å². The van der Waals surface area contributed by atoms with E-state index in [2.05, 4.69) is 20.6 Å². The maximum atomic E-state index is 5.56. The van der Waals surface area contributed by atoms with Crippen LogP contribution in [0.2, 0.25) is 0 Å². The maximum Gasteiger partial charge on any atom is 0.136 e. The lowest BCUT2D eigenvalue weighted by atomic mass is 10.2. The summed E-state index contributed by atoms with van der Waals surface area (Å²) >= 11 is 0. The van der Waals surface area contributed by atoms with E-state index in [0.717, 1.165) is 28.7 Å². The molecule has 0 atom stereocenters. The normalized spacial score (nSPS) is 10.2. The third-order valence-electron chi connectivity index (χ3n) is 2.56. The van der Waals surface area contributed by atoms with E-state index in [1.807, 2.05) is 44.3 Å². The Morgan fingerprint density at radius 3 is 2.39 bits per heavy atom. The quantitative estimate of drug-likeness (QED) is 0.766. The topological polar surface area (TPSA) is 75.9 Å². The summed E-state index contributed by atoms with van der Waals surface area (Å²) < 4.78 is 0. The smallest absolute Gasteiger partial charge is 0.136 e. The van der Waals surface area contributed by atoms with Crippen LogP contribution < -0.4 is 16.4 Å². The highest BCUT2D eigenvalue weighted by Crippen LogP contribution is 2.17. The molecule has 0 spiro atoms. The minimum Gasteiger partial charge on any atom is -0.373 e. The molecule has 18 heavy (non-hydrogen) atoms. The Balaban J connectivity index is 2.19. The molecular formula is C13H17N5. The minimum absolute atomic E-state index is 0.552. The third-order valence-corrected chi connectivity index (χ3v) is 2.56. The lowest BCUT2D eigenvalue weighted by Crippen LogP contribution is -2.01. The second-order valence-electron chi connectivity index (χ2n) is 3.96. The Morgan fingerprint density at radius 1 is 1.11 bits per heavy atom. The number of nitrogens with one attached hydrogen (secondary N) is 2. The fourth-order valence-electron chi connectivity index (χ4n) is 1.63. The van der Waals surface area contributed by atoms with Crippen molar-refractivity contribution in [3.63, 3.8) is 0 Å². The van der Waals surface area contributed by atoms with E-state index in [1.165, 1.54) is 0 Å². The van der Waals surface area contributed by atoms with Gasteiger partial charge in [-0.1, -0.05) is 12.1 Å².